The van der Waals surface area contributed by atoms with Crippen molar-refractivity contribution in [3.63, 3.8) is 0 Å². The number of hydrazine groups is 1. The summed E-state index contributed by atoms with van der Waals surface area (Å²) in [4.78, 5) is 0. The van der Waals surface area contributed by atoms with Crippen molar-refractivity contribution in [3.8, 4) is 5.75 Å². The zero-order chi connectivity index (χ0) is 8.97. The van der Waals surface area contributed by atoms with Gasteiger partial charge in [-0.25, -0.2) is 5.43 Å². The Morgan fingerprint density at radius 2 is 1.83 bits per heavy atom. The SMILES string of the molecule is CNN(C)c1ccc(OC)cc1. The van der Waals surface area contributed by atoms with E-state index < -0.39 is 0 Å². The molecule has 0 amide bonds. The predicted octanol–water partition coefficient (Wildman–Crippen LogP) is 1.27. The zero-order valence-corrected chi connectivity index (χ0v) is 7.66. The first kappa shape index (κ1) is 8.87. The predicted molar refractivity (Wildman–Crippen MR) is 50.5 cm³/mol. The Kier molecular flexibility index (Phi) is 2.94. The molecule has 0 aliphatic heterocycles. The first-order valence-corrected chi connectivity index (χ1v) is 3.83. The van der Waals surface area contributed by atoms with Crippen LogP contribution >= 0.6 is 0 Å². The molecule has 0 spiro atoms. The summed E-state index contributed by atoms with van der Waals surface area (Å²) in [6.45, 7) is 0. The highest BCUT2D eigenvalue weighted by Gasteiger charge is 1.96. The highest BCUT2D eigenvalue weighted by molar-refractivity contribution is 5.47. The van der Waals surface area contributed by atoms with Crippen molar-refractivity contribution in [2.75, 3.05) is 26.2 Å². The van der Waals surface area contributed by atoms with Crippen molar-refractivity contribution in [2.45, 2.75) is 0 Å². The van der Waals surface area contributed by atoms with Crippen LogP contribution in [0, 0.1) is 0 Å². The summed E-state index contributed by atoms with van der Waals surface area (Å²) in [6.07, 6.45) is 0. The summed E-state index contributed by atoms with van der Waals surface area (Å²) in [5.74, 6) is 0.878. The van der Waals surface area contributed by atoms with Crippen LogP contribution in [0.15, 0.2) is 24.3 Å². The van der Waals surface area contributed by atoms with Gasteiger partial charge >= 0.3 is 0 Å². The maximum atomic E-state index is 5.04. The summed E-state index contributed by atoms with van der Waals surface area (Å²) in [7, 11) is 5.50. The van der Waals surface area contributed by atoms with E-state index >= 15 is 0 Å². The molecule has 1 aromatic rings. The highest BCUT2D eigenvalue weighted by atomic mass is 16.5. The lowest BCUT2D eigenvalue weighted by atomic mass is 10.3. The van der Waals surface area contributed by atoms with Gasteiger partial charge in [-0.05, 0) is 24.3 Å². The Morgan fingerprint density at radius 3 is 2.25 bits per heavy atom. The van der Waals surface area contributed by atoms with E-state index in [0.29, 0.717) is 0 Å². The molecule has 66 valence electrons. The third-order valence-electron chi connectivity index (χ3n) is 1.80. The van der Waals surface area contributed by atoms with Crippen LogP contribution < -0.4 is 15.2 Å². The molecule has 0 bridgehead atoms. The fourth-order valence-electron chi connectivity index (χ4n) is 0.935. The molecule has 0 aromatic heterocycles. The number of hydrogen-bond donors (Lipinski definition) is 1. The standard InChI is InChI=1S/C9H14N2O/c1-10-11(2)8-4-6-9(12-3)7-5-8/h4-7,10H,1-3H3. The molecule has 0 unspecified atom stereocenters. The molecular weight excluding hydrogens is 152 g/mol. The number of hydrogen-bond acceptors (Lipinski definition) is 3. The monoisotopic (exact) mass is 166 g/mol. The molecule has 0 saturated heterocycles. The molecule has 3 nitrogen and oxygen atoms in total. The van der Waals surface area contributed by atoms with Crippen LogP contribution in [0.3, 0.4) is 0 Å². The van der Waals surface area contributed by atoms with Crippen molar-refractivity contribution in [2.24, 2.45) is 0 Å². The van der Waals surface area contributed by atoms with Crippen LogP contribution in [0.25, 0.3) is 0 Å². The van der Waals surface area contributed by atoms with Gasteiger partial charge in [0.15, 0.2) is 0 Å². The summed E-state index contributed by atoms with van der Waals surface area (Å²) in [6, 6.07) is 7.86. The molecule has 1 aromatic carbocycles. The van der Waals surface area contributed by atoms with Crippen molar-refractivity contribution < 1.29 is 4.74 Å². The number of benzene rings is 1. The van der Waals surface area contributed by atoms with E-state index in [1.165, 1.54) is 0 Å². The lowest BCUT2D eigenvalue weighted by Gasteiger charge is -2.17. The van der Waals surface area contributed by atoms with Gasteiger partial charge in [-0.3, -0.25) is 0 Å². The Labute approximate surface area is 72.9 Å². The van der Waals surface area contributed by atoms with Crippen LogP contribution in [0.4, 0.5) is 5.69 Å². The maximum Gasteiger partial charge on any atom is 0.119 e. The summed E-state index contributed by atoms with van der Waals surface area (Å²) in [5, 5.41) is 1.93. The van der Waals surface area contributed by atoms with Crippen molar-refractivity contribution in [3.05, 3.63) is 24.3 Å². The minimum absolute atomic E-state index is 0.878. The van der Waals surface area contributed by atoms with Crippen molar-refractivity contribution in [1.29, 1.82) is 0 Å². The topological polar surface area (TPSA) is 24.5 Å². The van der Waals surface area contributed by atoms with E-state index in [0.717, 1.165) is 11.4 Å². The number of methoxy groups -OCH3 is 1. The van der Waals surface area contributed by atoms with Crippen LogP contribution in [0.5, 0.6) is 5.75 Å². The van der Waals surface area contributed by atoms with Gasteiger partial charge in [0.05, 0.1) is 12.8 Å². The average Bonchev–Trinajstić information content (AvgIpc) is 2.17. The first-order chi connectivity index (χ1) is 5.77. The van der Waals surface area contributed by atoms with E-state index in [2.05, 4.69) is 5.43 Å². The summed E-state index contributed by atoms with van der Waals surface area (Å²) in [5.41, 5.74) is 4.12. The Balaban J connectivity index is 2.77. The fraction of sp³-hybridized carbons (Fsp3) is 0.333. The number of anilines is 1. The van der Waals surface area contributed by atoms with Crippen molar-refractivity contribution >= 4 is 5.69 Å². The van der Waals surface area contributed by atoms with E-state index in [9.17, 15) is 0 Å². The molecule has 0 radical (unpaired) electrons. The van der Waals surface area contributed by atoms with Gasteiger partial charge in [0.1, 0.15) is 5.75 Å². The normalized spacial score (nSPS) is 9.58. The van der Waals surface area contributed by atoms with Gasteiger partial charge in [-0.1, -0.05) is 0 Å². The quantitative estimate of drug-likeness (QED) is 0.684. The Morgan fingerprint density at radius 1 is 1.25 bits per heavy atom. The first-order valence-electron chi connectivity index (χ1n) is 3.83. The third-order valence-corrected chi connectivity index (χ3v) is 1.80. The fourth-order valence-corrected chi connectivity index (χ4v) is 0.935. The number of nitrogens with zero attached hydrogens (tertiary/aromatic N) is 1. The van der Waals surface area contributed by atoms with Crippen molar-refractivity contribution in [1.82, 2.24) is 5.43 Å². The number of ether oxygens (including phenoxy) is 1. The van der Waals surface area contributed by atoms with Gasteiger partial charge in [0.25, 0.3) is 0 Å². The molecular formula is C9H14N2O. The highest BCUT2D eigenvalue weighted by Crippen LogP contribution is 2.16. The van der Waals surface area contributed by atoms with E-state index in [4.69, 9.17) is 4.74 Å². The minimum atomic E-state index is 0.878. The molecule has 0 fully saturated rings. The second-order valence-electron chi connectivity index (χ2n) is 2.48. The van der Waals surface area contributed by atoms with Crippen LogP contribution in [0.2, 0.25) is 0 Å². The molecule has 0 saturated carbocycles. The largest absolute Gasteiger partial charge is 0.497 e. The second kappa shape index (κ2) is 3.97. The summed E-state index contributed by atoms with van der Waals surface area (Å²) < 4.78 is 5.04. The molecule has 0 aliphatic carbocycles. The Bertz CT molecular complexity index is 233. The van der Waals surface area contributed by atoms with E-state index in [-0.39, 0.29) is 0 Å². The smallest absolute Gasteiger partial charge is 0.119 e. The molecule has 0 atom stereocenters. The van der Waals surface area contributed by atoms with Gasteiger partial charge < -0.3 is 9.75 Å². The lowest BCUT2D eigenvalue weighted by Crippen LogP contribution is -2.30. The van der Waals surface area contributed by atoms with Crippen LogP contribution in [-0.4, -0.2) is 21.2 Å². The van der Waals surface area contributed by atoms with Gasteiger partial charge in [0, 0.05) is 14.1 Å². The van der Waals surface area contributed by atoms with Gasteiger partial charge in [-0.15, -0.1) is 0 Å². The Hall–Kier alpha value is -1.22. The molecule has 1 rings (SSSR count). The molecule has 3 heteroatoms. The summed E-state index contributed by atoms with van der Waals surface area (Å²) >= 11 is 0. The van der Waals surface area contributed by atoms with E-state index in [1.54, 1.807) is 7.11 Å². The molecule has 0 aliphatic rings. The molecule has 12 heavy (non-hydrogen) atoms. The number of rotatable bonds is 3. The van der Waals surface area contributed by atoms with Gasteiger partial charge in [-0.2, -0.15) is 0 Å². The number of nitrogens with one attached hydrogen (secondary N) is 1. The second-order valence-corrected chi connectivity index (χ2v) is 2.48. The van der Waals surface area contributed by atoms with Gasteiger partial charge in [0.2, 0.25) is 0 Å². The minimum Gasteiger partial charge on any atom is -0.497 e. The molecule has 0 heterocycles. The zero-order valence-electron chi connectivity index (χ0n) is 7.66. The van der Waals surface area contributed by atoms with E-state index in [1.807, 2.05) is 43.4 Å². The molecule has 1 N–H and O–H groups in total. The van der Waals surface area contributed by atoms with Crippen LogP contribution in [-0.2, 0) is 0 Å². The average molecular weight is 166 g/mol. The maximum absolute atomic E-state index is 5.04. The third kappa shape index (κ3) is 1.89. The van der Waals surface area contributed by atoms with Crippen LogP contribution in [0.1, 0.15) is 0 Å². The lowest BCUT2D eigenvalue weighted by molar-refractivity contribution is 0.415.